The second kappa shape index (κ2) is 6.05. The summed E-state index contributed by atoms with van der Waals surface area (Å²) in [4.78, 5) is 2.25. The number of hydrogen-bond donors (Lipinski definition) is 1. The van der Waals surface area contributed by atoms with E-state index in [1.165, 1.54) is 0 Å². The van der Waals surface area contributed by atoms with E-state index >= 15 is 0 Å². The van der Waals surface area contributed by atoms with Gasteiger partial charge in [-0.15, -0.1) is 0 Å². The largest absolute Gasteiger partial charge is 0.378 e. The zero-order valence-corrected chi connectivity index (χ0v) is 10.5. The average molecular weight is 253 g/mol. The van der Waals surface area contributed by atoms with Crippen molar-refractivity contribution in [1.29, 1.82) is 0 Å². The summed E-state index contributed by atoms with van der Waals surface area (Å²) in [7, 11) is 0. The molecule has 1 heterocycles. The van der Waals surface area contributed by atoms with Gasteiger partial charge in [-0.05, 0) is 17.7 Å². The van der Waals surface area contributed by atoms with Gasteiger partial charge < -0.3 is 15.4 Å². The zero-order chi connectivity index (χ0) is 12.1. The van der Waals surface area contributed by atoms with Gasteiger partial charge >= 0.3 is 0 Å². The summed E-state index contributed by atoms with van der Waals surface area (Å²) in [5.74, 6) is 0. The van der Waals surface area contributed by atoms with E-state index in [0.29, 0.717) is 6.54 Å². The molecule has 0 spiro atoms. The Balaban J connectivity index is 2.15. The van der Waals surface area contributed by atoms with E-state index in [1.54, 1.807) is 0 Å². The van der Waals surface area contributed by atoms with Gasteiger partial charge in [-0.1, -0.05) is 29.8 Å². The molecule has 0 aromatic heterocycles. The van der Waals surface area contributed by atoms with E-state index in [4.69, 9.17) is 22.1 Å². The first-order valence-electron chi connectivity index (χ1n) is 5.80. The summed E-state index contributed by atoms with van der Waals surface area (Å²) < 4.78 is 5.33. The van der Waals surface area contributed by atoms with Crippen molar-refractivity contribution in [3.05, 3.63) is 34.9 Å². The molecule has 1 aliphatic rings. The monoisotopic (exact) mass is 252 g/mol. The fourth-order valence-electron chi connectivity index (χ4n) is 1.89. The van der Waals surface area contributed by atoms with Crippen LogP contribution in [0, 0.1) is 0 Å². The fraction of sp³-hybridized carbons (Fsp3) is 0.385. The Morgan fingerprint density at radius 1 is 1.35 bits per heavy atom. The highest BCUT2D eigenvalue weighted by molar-refractivity contribution is 6.33. The van der Waals surface area contributed by atoms with Crippen molar-refractivity contribution in [2.75, 3.05) is 37.7 Å². The van der Waals surface area contributed by atoms with Crippen molar-refractivity contribution in [3.63, 3.8) is 0 Å². The molecule has 0 amide bonds. The van der Waals surface area contributed by atoms with Gasteiger partial charge in [0.2, 0.25) is 0 Å². The minimum absolute atomic E-state index is 0.544. The SMILES string of the molecule is NC/C=C/c1ccc(N2CCOCC2)c(Cl)c1. The summed E-state index contributed by atoms with van der Waals surface area (Å²) in [5, 5.41) is 0.783. The summed E-state index contributed by atoms with van der Waals surface area (Å²) >= 11 is 6.29. The Bertz CT molecular complexity index is 400. The highest BCUT2D eigenvalue weighted by Gasteiger charge is 2.13. The van der Waals surface area contributed by atoms with E-state index in [1.807, 2.05) is 18.2 Å². The molecule has 0 unspecified atom stereocenters. The van der Waals surface area contributed by atoms with Crippen LogP contribution >= 0.6 is 11.6 Å². The number of morpholine rings is 1. The lowest BCUT2D eigenvalue weighted by Crippen LogP contribution is -2.36. The van der Waals surface area contributed by atoms with Gasteiger partial charge in [0.1, 0.15) is 0 Å². The standard InChI is InChI=1S/C13H17ClN2O/c14-12-10-11(2-1-5-15)3-4-13(12)16-6-8-17-9-7-16/h1-4,10H,5-9,15H2/b2-1+. The molecule has 1 aliphatic heterocycles. The Hall–Kier alpha value is -1.03. The first-order valence-corrected chi connectivity index (χ1v) is 6.18. The lowest BCUT2D eigenvalue weighted by molar-refractivity contribution is 0.122. The highest BCUT2D eigenvalue weighted by Crippen LogP contribution is 2.27. The molecule has 0 atom stereocenters. The summed E-state index contributed by atoms with van der Waals surface area (Å²) in [6.45, 7) is 3.88. The van der Waals surface area contributed by atoms with E-state index in [-0.39, 0.29) is 0 Å². The Kier molecular flexibility index (Phi) is 4.42. The van der Waals surface area contributed by atoms with Crippen molar-refractivity contribution in [2.24, 2.45) is 5.73 Å². The Morgan fingerprint density at radius 3 is 2.76 bits per heavy atom. The minimum Gasteiger partial charge on any atom is -0.378 e. The minimum atomic E-state index is 0.544. The van der Waals surface area contributed by atoms with Crippen molar-refractivity contribution in [1.82, 2.24) is 0 Å². The normalized spacial score (nSPS) is 16.7. The van der Waals surface area contributed by atoms with Crippen molar-refractivity contribution >= 4 is 23.4 Å². The molecular weight excluding hydrogens is 236 g/mol. The molecule has 1 aromatic carbocycles. The van der Waals surface area contributed by atoms with Crippen LogP contribution in [0.2, 0.25) is 5.02 Å². The number of hydrogen-bond acceptors (Lipinski definition) is 3. The first kappa shape index (κ1) is 12.4. The molecule has 3 nitrogen and oxygen atoms in total. The highest BCUT2D eigenvalue weighted by atomic mass is 35.5. The third-order valence-electron chi connectivity index (χ3n) is 2.77. The lowest BCUT2D eigenvalue weighted by atomic mass is 10.1. The van der Waals surface area contributed by atoms with Crippen LogP contribution in [0.25, 0.3) is 6.08 Å². The summed E-state index contributed by atoms with van der Waals surface area (Å²) in [5.41, 5.74) is 7.58. The number of nitrogens with two attached hydrogens (primary N) is 1. The molecule has 1 saturated heterocycles. The van der Waals surface area contributed by atoms with Gasteiger partial charge in [0, 0.05) is 19.6 Å². The second-order valence-corrected chi connectivity index (χ2v) is 4.36. The molecule has 1 aromatic rings. The van der Waals surface area contributed by atoms with Gasteiger partial charge in [-0.3, -0.25) is 0 Å². The topological polar surface area (TPSA) is 38.5 Å². The van der Waals surface area contributed by atoms with Gasteiger partial charge in [0.25, 0.3) is 0 Å². The summed E-state index contributed by atoms with van der Waals surface area (Å²) in [6.07, 6.45) is 3.90. The molecule has 0 saturated carbocycles. The molecule has 92 valence electrons. The van der Waals surface area contributed by atoms with Gasteiger partial charge in [-0.25, -0.2) is 0 Å². The van der Waals surface area contributed by atoms with Crippen LogP contribution in [0.4, 0.5) is 5.69 Å². The molecule has 2 rings (SSSR count). The van der Waals surface area contributed by atoms with E-state index in [0.717, 1.165) is 42.6 Å². The number of rotatable bonds is 3. The van der Waals surface area contributed by atoms with Gasteiger partial charge in [0.15, 0.2) is 0 Å². The van der Waals surface area contributed by atoms with Gasteiger partial charge in [0.05, 0.1) is 23.9 Å². The fourth-order valence-corrected chi connectivity index (χ4v) is 2.20. The molecule has 2 N–H and O–H groups in total. The number of ether oxygens (including phenoxy) is 1. The van der Waals surface area contributed by atoms with Crippen LogP contribution in [0.5, 0.6) is 0 Å². The van der Waals surface area contributed by atoms with Crippen LogP contribution in [0.15, 0.2) is 24.3 Å². The Labute approximate surface area is 107 Å². The molecule has 17 heavy (non-hydrogen) atoms. The predicted octanol–water partition coefficient (Wildman–Crippen LogP) is 2.15. The smallest absolute Gasteiger partial charge is 0.0645 e. The number of halogens is 1. The van der Waals surface area contributed by atoms with Crippen LogP contribution in [0.3, 0.4) is 0 Å². The van der Waals surface area contributed by atoms with E-state index in [2.05, 4.69) is 17.0 Å². The van der Waals surface area contributed by atoms with Crippen molar-refractivity contribution < 1.29 is 4.74 Å². The van der Waals surface area contributed by atoms with Gasteiger partial charge in [-0.2, -0.15) is 0 Å². The van der Waals surface area contributed by atoms with Crippen LogP contribution in [0.1, 0.15) is 5.56 Å². The maximum Gasteiger partial charge on any atom is 0.0645 e. The third kappa shape index (κ3) is 3.22. The van der Waals surface area contributed by atoms with Crippen molar-refractivity contribution in [3.8, 4) is 0 Å². The van der Waals surface area contributed by atoms with E-state index < -0.39 is 0 Å². The maximum atomic E-state index is 6.29. The molecule has 4 heteroatoms. The van der Waals surface area contributed by atoms with Crippen LogP contribution in [-0.4, -0.2) is 32.8 Å². The molecule has 0 bridgehead atoms. The molecular formula is C13H17ClN2O. The molecule has 1 fully saturated rings. The predicted molar refractivity (Wildman–Crippen MR) is 72.6 cm³/mol. The molecule has 0 radical (unpaired) electrons. The van der Waals surface area contributed by atoms with Crippen LogP contribution in [-0.2, 0) is 4.74 Å². The number of anilines is 1. The Morgan fingerprint density at radius 2 is 2.12 bits per heavy atom. The maximum absolute atomic E-state index is 6.29. The number of nitrogens with zero attached hydrogens (tertiary/aromatic N) is 1. The van der Waals surface area contributed by atoms with Crippen LogP contribution < -0.4 is 10.6 Å². The lowest BCUT2D eigenvalue weighted by Gasteiger charge is -2.29. The zero-order valence-electron chi connectivity index (χ0n) is 9.73. The third-order valence-corrected chi connectivity index (χ3v) is 3.07. The average Bonchev–Trinajstić information content (AvgIpc) is 2.37. The number of benzene rings is 1. The second-order valence-electron chi connectivity index (χ2n) is 3.95. The first-order chi connectivity index (χ1) is 8.31. The summed E-state index contributed by atoms with van der Waals surface area (Å²) in [6, 6.07) is 6.09. The molecule has 0 aliphatic carbocycles. The van der Waals surface area contributed by atoms with E-state index in [9.17, 15) is 0 Å². The van der Waals surface area contributed by atoms with Crippen molar-refractivity contribution in [2.45, 2.75) is 0 Å². The quantitative estimate of drug-likeness (QED) is 0.896.